The molecule has 1 aliphatic carbocycles. The lowest BCUT2D eigenvalue weighted by atomic mass is 10.1. The van der Waals surface area contributed by atoms with Crippen molar-refractivity contribution >= 4 is 5.95 Å². The number of anilines is 1. The van der Waals surface area contributed by atoms with Crippen molar-refractivity contribution in [2.45, 2.75) is 45.6 Å². The molecule has 1 N–H and O–H groups in total. The van der Waals surface area contributed by atoms with E-state index in [1.54, 1.807) is 6.07 Å². The molecule has 90 valence electrons. The Labute approximate surface area is 102 Å². The molecule has 0 aliphatic heterocycles. The summed E-state index contributed by atoms with van der Waals surface area (Å²) in [6.45, 7) is 4.05. The fraction of sp³-hybridized carbons (Fsp3) is 0.615. The summed E-state index contributed by atoms with van der Waals surface area (Å²) < 4.78 is 0. The quantitative estimate of drug-likeness (QED) is 0.844. The van der Waals surface area contributed by atoms with Crippen LogP contribution in [-0.2, 0) is 0 Å². The summed E-state index contributed by atoms with van der Waals surface area (Å²) in [5, 5.41) is 12.2. The molecular weight excluding hydrogens is 212 g/mol. The summed E-state index contributed by atoms with van der Waals surface area (Å²) in [7, 11) is 0. The Kier molecular flexibility index (Phi) is 3.58. The standard InChI is InChI=1S/C13H18N4/c1-3-11(7-10-4-5-10)16-13-15-9(2)6-12(8-14)17-13/h6,10-11H,3-5,7H2,1-2H3,(H,15,16,17). The number of nitrogens with one attached hydrogen (secondary N) is 1. The number of aromatic nitrogens is 2. The van der Waals surface area contributed by atoms with Crippen LogP contribution in [0, 0.1) is 24.2 Å². The zero-order valence-corrected chi connectivity index (χ0v) is 10.4. The van der Waals surface area contributed by atoms with Gasteiger partial charge in [-0.15, -0.1) is 0 Å². The molecule has 1 unspecified atom stereocenters. The van der Waals surface area contributed by atoms with Gasteiger partial charge in [0.05, 0.1) is 0 Å². The molecule has 1 aromatic heterocycles. The highest BCUT2D eigenvalue weighted by Crippen LogP contribution is 2.34. The molecule has 17 heavy (non-hydrogen) atoms. The van der Waals surface area contributed by atoms with Crippen LogP contribution >= 0.6 is 0 Å². The van der Waals surface area contributed by atoms with E-state index in [2.05, 4.69) is 28.3 Å². The van der Waals surface area contributed by atoms with Gasteiger partial charge in [0.25, 0.3) is 0 Å². The van der Waals surface area contributed by atoms with Crippen LogP contribution in [0.15, 0.2) is 6.07 Å². The normalized spacial score (nSPS) is 16.3. The Morgan fingerprint density at radius 2 is 2.29 bits per heavy atom. The Morgan fingerprint density at radius 3 is 2.88 bits per heavy atom. The van der Waals surface area contributed by atoms with Crippen LogP contribution in [0.4, 0.5) is 5.95 Å². The second-order valence-corrected chi connectivity index (χ2v) is 4.76. The van der Waals surface area contributed by atoms with Crippen molar-refractivity contribution in [3.05, 3.63) is 17.5 Å². The lowest BCUT2D eigenvalue weighted by molar-refractivity contribution is 0.582. The van der Waals surface area contributed by atoms with Gasteiger partial charge in [-0.2, -0.15) is 5.26 Å². The maximum atomic E-state index is 8.87. The molecule has 1 saturated carbocycles. The molecule has 0 radical (unpaired) electrons. The van der Waals surface area contributed by atoms with Crippen molar-refractivity contribution in [2.24, 2.45) is 5.92 Å². The molecule has 1 aromatic rings. The van der Waals surface area contributed by atoms with Crippen LogP contribution in [-0.4, -0.2) is 16.0 Å². The lowest BCUT2D eigenvalue weighted by Gasteiger charge is -2.16. The molecular formula is C13H18N4. The highest BCUT2D eigenvalue weighted by Gasteiger charge is 2.25. The van der Waals surface area contributed by atoms with Gasteiger partial charge in [0.1, 0.15) is 11.8 Å². The number of aryl methyl sites for hydroxylation is 1. The largest absolute Gasteiger partial charge is 0.351 e. The summed E-state index contributed by atoms with van der Waals surface area (Å²) in [5.41, 5.74) is 1.27. The number of nitriles is 1. The maximum Gasteiger partial charge on any atom is 0.224 e. The fourth-order valence-corrected chi connectivity index (χ4v) is 1.96. The second-order valence-electron chi connectivity index (χ2n) is 4.76. The van der Waals surface area contributed by atoms with Gasteiger partial charge in [0, 0.05) is 11.7 Å². The highest BCUT2D eigenvalue weighted by atomic mass is 15.1. The first-order valence-electron chi connectivity index (χ1n) is 6.23. The van der Waals surface area contributed by atoms with Crippen LogP contribution < -0.4 is 5.32 Å². The van der Waals surface area contributed by atoms with Gasteiger partial charge in [0.2, 0.25) is 5.95 Å². The van der Waals surface area contributed by atoms with Gasteiger partial charge < -0.3 is 5.32 Å². The number of rotatable bonds is 5. The summed E-state index contributed by atoms with van der Waals surface area (Å²) in [4.78, 5) is 8.51. The van der Waals surface area contributed by atoms with Crippen molar-refractivity contribution in [3.63, 3.8) is 0 Å². The minimum absolute atomic E-state index is 0.427. The van der Waals surface area contributed by atoms with E-state index in [0.29, 0.717) is 17.7 Å². The van der Waals surface area contributed by atoms with Gasteiger partial charge in [0.15, 0.2) is 0 Å². The third-order valence-electron chi connectivity index (χ3n) is 3.11. The average Bonchev–Trinajstić information content (AvgIpc) is 3.11. The first kappa shape index (κ1) is 11.8. The Hall–Kier alpha value is -1.63. The Morgan fingerprint density at radius 1 is 1.53 bits per heavy atom. The second kappa shape index (κ2) is 5.13. The molecule has 1 heterocycles. The number of hydrogen-bond donors (Lipinski definition) is 1. The van der Waals surface area contributed by atoms with Gasteiger partial charge >= 0.3 is 0 Å². The van der Waals surface area contributed by atoms with Crippen molar-refractivity contribution in [1.82, 2.24) is 9.97 Å². The topological polar surface area (TPSA) is 61.6 Å². The van der Waals surface area contributed by atoms with E-state index in [0.717, 1.165) is 18.0 Å². The third kappa shape index (κ3) is 3.42. The number of nitrogens with zero attached hydrogens (tertiary/aromatic N) is 3. The monoisotopic (exact) mass is 230 g/mol. The van der Waals surface area contributed by atoms with Gasteiger partial charge in [-0.1, -0.05) is 19.8 Å². The molecule has 4 heteroatoms. The van der Waals surface area contributed by atoms with E-state index in [1.165, 1.54) is 19.3 Å². The molecule has 0 saturated heterocycles. The van der Waals surface area contributed by atoms with Crippen LogP contribution in [0.1, 0.15) is 44.0 Å². The smallest absolute Gasteiger partial charge is 0.224 e. The first-order valence-corrected chi connectivity index (χ1v) is 6.23. The van der Waals surface area contributed by atoms with Gasteiger partial charge in [-0.3, -0.25) is 0 Å². The van der Waals surface area contributed by atoms with E-state index in [-0.39, 0.29) is 0 Å². The van der Waals surface area contributed by atoms with Crippen LogP contribution in [0.3, 0.4) is 0 Å². The molecule has 1 atom stereocenters. The third-order valence-corrected chi connectivity index (χ3v) is 3.11. The zero-order valence-electron chi connectivity index (χ0n) is 10.4. The molecule has 1 fully saturated rings. The van der Waals surface area contributed by atoms with E-state index in [1.807, 2.05) is 6.92 Å². The van der Waals surface area contributed by atoms with Crippen LogP contribution in [0.25, 0.3) is 0 Å². The van der Waals surface area contributed by atoms with Crippen LogP contribution in [0.5, 0.6) is 0 Å². The minimum atomic E-state index is 0.427. The summed E-state index contributed by atoms with van der Waals surface area (Å²) in [6.07, 6.45) is 4.97. The van der Waals surface area contributed by atoms with Crippen molar-refractivity contribution < 1.29 is 0 Å². The zero-order chi connectivity index (χ0) is 12.3. The van der Waals surface area contributed by atoms with E-state index in [9.17, 15) is 0 Å². The van der Waals surface area contributed by atoms with E-state index >= 15 is 0 Å². The highest BCUT2D eigenvalue weighted by molar-refractivity contribution is 5.33. The maximum absolute atomic E-state index is 8.87. The SMILES string of the molecule is CCC(CC1CC1)Nc1nc(C)cc(C#N)n1. The number of hydrogen-bond acceptors (Lipinski definition) is 4. The minimum Gasteiger partial charge on any atom is -0.351 e. The molecule has 0 bridgehead atoms. The summed E-state index contributed by atoms with van der Waals surface area (Å²) in [5.74, 6) is 1.47. The predicted octanol–water partition coefficient (Wildman–Crippen LogP) is 2.65. The summed E-state index contributed by atoms with van der Waals surface area (Å²) >= 11 is 0. The predicted molar refractivity (Wildman–Crippen MR) is 66.5 cm³/mol. The van der Waals surface area contributed by atoms with Crippen molar-refractivity contribution in [3.8, 4) is 6.07 Å². The fourth-order valence-electron chi connectivity index (χ4n) is 1.96. The van der Waals surface area contributed by atoms with E-state index in [4.69, 9.17) is 5.26 Å². The summed E-state index contributed by atoms with van der Waals surface area (Å²) in [6, 6.07) is 4.19. The molecule has 0 spiro atoms. The van der Waals surface area contributed by atoms with Crippen LogP contribution in [0.2, 0.25) is 0 Å². The van der Waals surface area contributed by atoms with Gasteiger partial charge in [-0.25, -0.2) is 9.97 Å². The van der Waals surface area contributed by atoms with Gasteiger partial charge in [-0.05, 0) is 31.7 Å². The van der Waals surface area contributed by atoms with E-state index < -0.39 is 0 Å². The molecule has 1 aliphatic rings. The Balaban J connectivity index is 2.05. The first-order chi connectivity index (χ1) is 8.21. The molecule has 2 rings (SSSR count). The average molecular weight is 230 g/mol. The Bertz CT molecular complexity index is 432. The molecule has 4 nitrogen and oxygen atoms in total. The molecule has 0 amide bonds. The molecule has 0 aromatic carbocycles. The van der Waals surface area contributed by atoms with Crippen molar-refractivity contribution in [2.75, 3.05) is 5.32 Å². The lowest BCUT2D eigenvalue weighted by Crippen LogP contribution is -2.21. The van der Waals surface area contributed by atoms with Crippen molar-refractivity contribution in [1.29, 1.82) is 5.26 Å².